The van der Waals surface area contributed by atoms with Crippen LogP contribution in [0, 0.1) is 0 Å². The maximum Gasteiger partial charge on any atom is 0.303 e. The Hall–Kier alpha value is -0.700. The lowest BCUT2D eigenvalue weighted by molar-refractivity contribution is 0.270. The van der Waals surface area contributed by atoms with Crippen LogP contribution in [0.1, 0.15) is 44.8 Å². The van der Waals surface area contributed by atoms with Gasteiger partial charge in [-0.3, -0.25) is 0 Å². The molecule has 19 heavy (non-hydrogen) atoms. The Morgan fingerprint density at radius 2 is 2.32 bits per heavy atom. The van der Waals surface area contributed by atoms with Gasteiger partial charge >= 0.3 is 10.2 Å². The highest BCUT2D eigenvalue weighted by molar-refractivity contribution is 7.90. The van der Waals surface area contributed by atoms with Gasteiger partial charge in [0.05, 0.1) is 5.69 Å². The first-order valence-corrected chi connectivity index (χ1v) is 8.72. The molecule has 0 radical (unpaired) electrons. The predicted octanol–water partition coefficient (Wildman–Crippen LogP) is 1.69. The number of nitrogens with one attached hydrogen (secondary N) is 1. The summed E-state index contributed by atoms with van der Waals surface area (Å²) in [7, 11) is -3.51. The highest BCUT2D eigenvalue weighted by Gasteiger charge is 2.30. The summed E-state index contributed by atoms with van der Waals surface area (Å²) < 4.78 is 28.7. The van der Waals surface area contributed by atoms with E-state index in [0.717, 1.165) is 19.3 Å². The van der Waals surface area contributed by atoms with Crippen LogP contribution in [0.5, 0.6) is 0 Å². The SMILES string of the molecule is CC(N)c1csc(NS(=O)(=O)N2CCCCC2C)n1. The van der Waals surface area contributed by atoms with Gasteiger partial charge in [0, 0.05) is 24.0 Å². The van der Waals surface area contributed by atoms with E-state index < -0.39 is 10.2 Å². The van der Waals surface area contributed by atoms with Crippen molar-refractivity contribution in [1.29, 1.82) is 0 Å². The Bertz CT molecular complexity index is 527. The number of nitrogens with zero attached hydrogens (tertiary/aromatic N) is 2. The Morgan fingerprint density at radius 3 is 2.89 bits per heavy atom. The van der Waals surface area contributed by atoms with Gasteiger partial charge in [-0.25, -0.2) is 9.71 Å². The molecule has 0 aliphatic carbocycles. The lowest BCUT2D eigenvalue weighted by Crippen LogP contribution is -2.44. The van der Waals surface area contributed by atoms with Gasteiger partial charge in [-0.2, -0.15) is 12.7 Å². The fourth-order valence-corrected chi connectivity index (χ4v) is 4.64. The first kappa shape index (κ1) is 14.7. The van der Waals surface area contributed by atoms with Crippen LogP contribution in [0.3, 0.4) is 0 Å². The maximum atomic E-state index is 12.3. The lowest BCUT2D eigenvalue weighted by atomic mass is 10.1. The first-order chi connectivity index (χ1) is 8.90. The number of piperidine rings is 1. The molecular weight excluding hydrogens is 284 g/mol. The van der Waals surface area contributed by atoms with E-state index in [1.54, 1.807) is 5.38 Å². The first-order valence-electron chi connectivity index (χ1n) is 6.41. The van der Waals surface area contributed by atoms with E-state index in [9.17, 15) is 8.42 Å². The number of hydrogen-bond acceptors (Lipinski definition) is 5. The van der Waals surface area contributed by atoms with Gasteiger partial charge in [-0.05, 0) is 26.7 Å². The van der Waals surface area contributed by atoms with Crippen LogP contribution in [0.2, 0.25) is 0 Å². The van der Waals surface area contributed by atoms with E-state index in [2.05, 4.69) is 9.71 Å². The minimum atomic E-state index is -3.51. The third kappa shape index (κ3) is 3.44. The number of hydrogen-bond donors (Lipinski definition) is 2. The number of thiazole rings is 1. The van der Waals surface area contributed by atoms with Gasteiger partial charge in [0.1, 0.15) is 0 Å². The molecule has 1 fully saturated rings. The van der Waals surface area contributed by atoms with Crippen molar-refractivity contribution in [2.75, 3.05) is 11.3 Å². The smallest absolute Gasteiger partial charge is 0.303 e. The Labute approximate surface area is 118 Å². The van der Waals surface area contributed by atoms with Gasteiger partial charge in [0.15, 0.2) is 5.13 Å². The third-order valence-corrected chi connectivity index (χ3v) is 5.77. The summed E-state index contributed by atoms with van der Waals surface area (Å²) in [5.41, 5.74) is 6.42. The summed E-state index contributed by atoms with van der Waals surface area (Å²) >= 11 is 1.26. The van der Waals surface area contributed by atoms with Crippen molar-refractivity contribution in [3.63, 3.8) is 0 Å². The molecule has 0 amide bonds. The topological polar surface area (TPSA) is 88.3 Å². The Morgan fingerprint density at radius 1 is 1.58 bits per heavy atom. The molecule has 6 nitrogen and oxygen atoms in total. The fraction of sp³-hybridized carbons (Fsp3) is 0.727. The normalized spacial score (nSPS) is 23.2. The van der Waals surface area contributed by atoms with E-state index >= 15 is 0 Å². The van der Waals surface area contributed by atoms with Crippen molar-refractivity contribution in [1.82, 2.24) is 9.29 Å². The standard InChI is InChI=1S/C11H20N4O2S2/c1-8-5-3-4-6-15(8)19(16,17)14-11-13-10(7-18-11)9(2)12/h7-9H,3-6,12H2,1-2H3,(H,13,14). The lowest BCUT2D eigenvalue weighted by Gasteiger charge is -2.31. The van der Waals surface area contributed by atoms with Crippen molar-refractivity contribution < 1.29 is 8.42 Å². The van der Waals surface area contributed by atoms with Gasteiger partial charge in [-0.1, -0.05) is 6.42 Å². The second-order valence-electron chi connectivity index (χ2n) is 4.93. The largest absolute Gasteiger partial charge is 0.323 e. The second kappa shape index (κ2) is 5.74. The van der Waals surface area contributed by atoms with Gasteiger partial charge in [0.25, 0.3) is 0 Å². The van der Waals surface area contributed by atoms with E-state index in [1.165, 1.54) is 15.6 Å². The molecule has 1 aromatic heterocycles. The Kier molecular flexibility index (Phi) is 4.44. The van der Waals surface area contributed by atoms with Crippen LogP contribution in [0.15, 0.2) is 5.38 Å². The molecule has 1 aliphatic heterocycles. The monoisotopic (exact) mass is 304 g/mol. The molecule has 1 saturated heterocycles. The van der Waals surface area contributed by atoms with Crippen molar-refractivity contribution in [3.8, 4) is 0 Å². The molecule has 2 rings (SSSR count). The van der Waals surface area contributed by atoms with E-state index in [-0.39, 0.29) is 12.1 Å². The van der Waals surface area contributed by atoms with Crippen molar-refractivity contribution in [2.24, 2.45) is 5.73 Å². The second-order valence-corrected chi connectivity index (χ2v) is 7.41. The molecule has 2 heterocycles. The van der Waals surface area contributed by atoms with Gasteiger partial charge in [0.2, 0.25) is 0 Å². The average Bonchev–Trinajstić information content (AvgIpc) is 2.77. The number of rotatable bonds is 4. The van der Waals surface area contributed by atoms with E-state index in [0.29, 0.717) is 17.4 Å². The maximum absolute atomic E-state index is 12.3. The minimum Gasteiger partial charge on any atom is -0.323 e. The van der Waals surface area contributed by atoms with Crippen molar-refractivity contribution in [2.45, 2.75) is 45.2 Å². The van der Waals surface area contributed by atoms with Crippen LogP contribution < -0.4 is 10.5 Å². The van der Waals surface area contributed by atoms with Crippen molar-refractivity contribution >= 4 is 26.7 Å². The third-order valence-electron chi connectivity index (χ3n) is 3.26. The molecule has 1 aromatic rings. The fourth-order valence-electron chi connectivity index (χ4n) is 2.14. The average molecular weight is 304 g/mol. The molecule has 0 bridgehead atoms. The molecule has 2 unspecified atom stereocenters. The highest BCUT2D eigenvalue weighted by Crippen LogP contribution is 2.24. The minimum absolute atomic E-state index is 0.0408. The van der Waals surface area contributed by atoms with E-state index in [4.69, 9.17) is 5.73 Å². The van der Waals surface area contributed by atoms with E-state index in [1.807, 2.05) is 13.8 Å². The van der Waals surface area contributed by atoms with Crippen LogP contribution >= 0.6 is 11.3 Å². The van der Waals surface area contributed by atoms with Crippen molar-refractivity contribution in [3.05, 3.63) is 11.1 Å². The highest BCUT2D eigenvalue weighted by atomic mass is 32.2. The zero-order valence-corrected chi connectivity index (χ0v) is 12.8. The summed E-state index contributed by atoms with van der Waals surface area (Å²) in [5.74, 6) is 0. The summed E-state index contributed by atoms with van der Waals surface area (Å²) in [4.78, 5) is 4.19. The van der Waals surface area contributed by atoms with Crippen LogP contribution in [-0.2, 0) is 10.2 Å². The summed E-state index contributed by atoms with van der Waals surface area (Å²) in [6, 6.07) is -0.150. The van der Waals surface area contributed by atoms with Crippen LogP contribution in [0.4, 0.5) is 5.13 Å². The molecule has 0 aromatic carbocycles. The molecule has 1 aliphatic rings. The number of nitrogens with two attached hydrogens (primary N) is 1. The number of aromatic nitrogens is 1. The molecule has 0 saturated carbocycles. The molecule has 2 atom stereocenters. The van der Waals surface area contributed by atoms with Gasteiger partial charge < -0.3 is 5.73 Å². The summed E-state index contributed by atoms with van der Waals surface area (Å²) in [6.07, 6.45) is 2.90. The van der Waals surface area contributed by atoms with Gasteiger partial charge in [-0.15, -0.1) is 11.3 Å². The predicted molar refractivity (Wildman–Crippen MR) is 77.3 cm³/mol. The molecular formula is C11H20N4O2S2. The van der Waals surface area contributed by atoms with Crippen LogP contribution in [0.25, 0.3) is 0 Å². The summed E-state index contributed by atoms with van der Waals surface area (Å²) in [6.45, 7) is 4.33. The molecule has 8 heteroatoms. The molecule has 3 N–H and O–H groups in total. The van der Waals surface area contributed by atoms with Crippen LogP contribution in [-0.4, -0.2) is 30.3 Å². The zero-order chi connectivity index (χ0) is 14.0. The zero-order valence-electron chi connectivity index (χ0n) is 11.2. The quantitative estimate of drug-likeness (QED) is 0.886. The molecule has 0 spiro atoms. The molecule has 108 valence electrons. The summed E-state index contributed by atoms with van der Waals surface area (Å²) in [5, 5.41) is 2.16. The Balaban J connectivity index is 2.11. The number of anilines is 1.